The van der Waals surface area contributed by atoms with Crippen LogP contribution < -0.4 is 0 Å². The number of aromatic nitrogens is 1. The smallest absolute Gasteiger partial charge is 0.135 e. The third kappa shape index (κ3) is 2.50. The predicted molar refractivity (Wildman–Crippen MR) is 66.1 cm³/mol. The largest absolute Gasteiger partial charge is 0.306 e. The van der Waals surface area contributed by atoms with E-state index in [1.165, 1.54) is 11.4 Å². The summed E-state index contributed by atoms with van der Waals surface area (Å²) < 4.78 is 0. The lowest BCUT2D eigenvalue weighted by Crippen LogP contribution is -2.13. The molecule has 0 radical (unpaired) electrons. The highest BCUT2D eigenvalue weighted by Crippen LogP contribution is 2.31. The van der Waals surface area contributed by atoms with Crippen LogP contribution in [0, 0.1) is 6.92 Å². The van der Waals surface area contributed by atoms with Gasteiger partial charge in [-0.3, -0.25) is 4.79 Å². The Morgan fingerprint density at radius 2 is 2.38 bits per heavy atom. The maximum Gasteiger partial charge on any atom is 0.135 e. The van der Waals surface area contributed by atoms with E-state index in [0.717, 1.165) is 23.7 Å². The first-order valence-electron chi connectivity index (χ1n) is 5.70. The van der Waals surface area contributed by atoms with Gasteiger partial charge < -0.3 is 4.90 Å². The van der Waals surface area contributed by atoms with Crippen molar-refractivity contribution in [1.82, 2.24) is 9.88 Å². The molecule has 1 fully saturated rings. The highest BCUT2D eigenvalue weighted by molar-refractivity contribution is 7.12. The molecule has 4 heteroatoms. The molecule has 0 aliphatic carbocycles. The average Bonchev–Trinajstić information content (AvgIpc) is 2.74. The van der Waals surface area contributed by atoms with Gasteiger partial charge in [0.05, 0.1) is 10.7 Å². The fourth-order valence-electron chi connectivity index (χ4n) is 2.15. The van der Waals surface area contributed by atoms with Crippen molar-refractivity contribution < 1.29 is 4.79 Å². The molecule has 1 atom stereocenters. The van der Waals surface area contributed by atoms with Crippen molar-refractivity contribution in [3.8, 4) is 0 Å². The van der Waals surface area contributed by atoms with E-state index in [1.807, 2.05) is 6.92 Å². The Morgan fingerprint density at radius 1 is 1.62 bits per heavy atom. The Kier molecular flexibility index (Phi) is 3.40. The van der Waals surface area contributed by atoms with E-state index in [0.29, 0.717) is 12.3 Å². The van der Waals surface area contributed by atoms with E-state index < -0.39 is 0 Å². The molecule has 1 unspecified atom stereocenters. The second kappa shape index (κ2) is 4.63. The average molecular weight is 238 g/mol. The van der Waals surface area contributed by atoms with Crippen LogP contribution in [0.3, 0.4) is 0 Å². The summed E-state index contributed by atoms with van der Waals surface area (Å²) in [6, 6.07) is 0. The topological polar surface area (TPSA) is 33.2 Å². The summed E-state index contributed by atoms with van der Waals surface area (Å²) in [4.78, 5) is 19.2. The van der Waals surface area contributed by atoms with Gasteiger partial charge in [-0.1, -0.05) is 0 Å². The molecule has 0 spiro atoms. The first-order chi connectivity index (χ1) is 7.56. The normalized spacial score (nSPS) is 21.6. The van der Waals surface area contributed by atoms with Gasteiger partial charge >= 0.3 is 0 Å². The summed E-state index contributed by atoms with van der Waals surface area (Å²) in [6.07, 6.45) is 1.75. The Balaban J connectivity index is 2.14. The van der Waals surface area contributed by atoms with Gasteiger partial charge in [0.25, 0.3) is 0 Å². The predicted octanol–water partition coefficient (Wildman–Crippen LogP) is 2.00. The maximum absolute atomic E-state index is 11.1. The van der Waals surface area contributed by atoms with Crippen LogP contribution >= 0.6 is 11.3 Å². The first-order valence-corrected chi connectivity index (χ1v) is 6.52. The van der Waals surface area contributed by atoms with E-state index in [4.69, 9.17) is 0 Å². The summed E-state index contributed by atoms with van der Waals surface area (Å²) in [6.45, 7) is 5.91. The van der Waals surface area contributed by atoms with Crippen LogP contribution in [-0.4, -0.2) is 35.8 Å². The summed E-state index contributed by atoms with van der Waals surface area (Å²) in [5, 5.41) is 1.22. The minimum atomic E-state index is 0.224. The van der Waals surface area contributed by atoms with E-state index >= 15 is 0 Å². The van der Waals surface area contributed by atoms with Crippen molar-refractivity contribution in [2.75, 3.05) is 20.1 Å². The van der Waals surface area contributed by atoms with Gasteiger partial charge in [0.15, 0.2) is 0 Å². The number of hydrogen-bond acceptors (Lipinski definition) is 4. The number of likely N-dealkylation sites (N-methyl/N-ethyl adjacent to an activating group) is 1. The van der Waals surface area contributed by atoms with Crippen molar-refractivity contribution in [1.29, 1.82) is 0 Å². The van der Waals surface area contributed by atoms with Gasteiger partial charge in [0.1, 0.15) is 5.78 Å². The van der Waals surface area contributed by atoms with Crippen LogP contribution in [0.2, 0.25) is 0 Å². The molecule has 0 bridgehead atoms. The Morgan fingerprint density at radius 3 is 2.94 bits per heavy atom. The zero-order valence-corrected chi connectivity index (χ0v) is 10.9. The Labute approximate surface area is 100 Å². The highest BCUT2D eigenvalue weighted by Gasteiger charge is 2.24. The van der Waals surface area contributed by atoms with E-state index in [2.05, 4.69) is 16.9 Å². The molecule has 0 saturated carbocycles. The number of carbonyl (C=O) groups excluding carboxylic acids is 1. The van der Waals surface area contributed by atoms with Crippen LogP contribution in [0.5, 0.6) is 0 Å². The molecular weight excluding hydrogens is 220 g/mol. The fourth-order valence-corrected chi connectivity index (χ4v) is 3.41. The number of likely N-dealkylation sites (tertiary alicyclic amines) is 1. The number of rotatable bonds is 3. The number of ketones is 1. The van der Waals surface area contributed by atoms with Gasteiger partial charge in [0.2, 0.25) is 0 Å². The molecule has 16 heavy (non-hydrogen) atoms. The maximum atomic E-state index is 11.1. The molecule has 1 aromatic rings. The van der Waals surface area contributed by atoms with Crippen LogP contribution in [0.15, 0.2) is 0 Å². The van der Waals surface area contributed by atoms with Gasteiger partial charge in [-0.2, -0.15) is 0 Å². The number of aryl methyl sites for hydroxylation is 1. The molecule has 1 aliphatic rings. The van der Waals surface area contributed by atoms with Crippen LogP contribution in [0.25, 0.3) is 0 Å². The van der Waals surface area contributed by atoms with Crippen molar-refractivity contribution in [3.63, 3.8) is 0 Å². The minimum Gasteiger partial charge on any atom is -0.306 e. The molecule has 1 saturated heterocycles. The van der Waals surface area contributed by atoms with Crippen LogP contribution in [0.4, 0.5) is 0 Å². The Bertz CT molecular complexity index is 400. The molecule has 0 N–H and O–H groups in total. The van der Waals surface area contributed by atoms with Gasteiger partial charge in [-0.05, 0) is 33.9 Å². The number of thiazole rings is 1. The Hall–Kier alpha value is -0.740. The van der Waals surface area contributed by atoms with Crippen molar-refractivity contribution in [3.05, 3.63) is 15.6 Å². The lowest BCUT2D eigenvalue weighted by molar-refractivity contribution is -0.116. The molecule has 1 aromatic heterocycles. The molecule has 1 aliphatic heterocycles. The third-order valence-corrected chi connectivity index (χ3v) is 4.38. The second-order valence-electron chi connectivity index (χ2n) is 4.69. The van der Waals surface area contributed by atoms with Crippen LogP contribution in [-0.2, 0) is 11.2 Å². The number of Topliss-reactive ketones (excluding diaryl/α,β-unsaturated/α-hetero) is 1. The zero-order chi connectivity index (χ0) is 11.7. The first kappa shape index (κ1) is 11.7. The molecule has 3 nitrogen and oxygen atoms in total. The van der Waals surface area contributed by atoms with E-state index in [-0.39, 0.29) is 5.78 Å². The summed E-state index contributed by atoms with van der Waals surface area (Å²) in [7, 11) is 2.15. The number of carbonyl (C=O) groups is 1. The minimum absolute atomic E-state index is 0.224. The standard InChI is InChI=1S/C12H18N2OS/c1-8(15)6-11-9(2)13-12(16-11)10-4-5-14(3)7-10/h10H,4-7H2,1-3H3. The lowest BCUT2D eigenvalue weighted by atomic mass is 10.1. The van der Waals surface area contributed by atoms with E-state index in [1.54, 1.807) is 18.3 Å². The molecule has 0 amide bonds. The van der Waals surface area contributed by atoms with Crippen LogP contribution in [0.1, 0.15) is 34.8 Å². The number of hydrogen-bond donors (Lipinski definition) is 0. The highest BCUT2D eigenvalue weighted by atomic mass is 32.1. The summed E-state index contributed by atoms with van der Waals surface area (Å²) in [5.74, 6) is 0.802. The molecule has 2 rings (SSSR count). The fraction of sp³-hybridized carbons (Fsp3) is 0.667. The van der Waals surface area contributed by atoms with Crippen molar-refractivity contribution in [2.24, 2.45) is 0 Å². The second-order valence-corrected chi connectivity index (χ2v) is 5.80. The molecule has 0 aromatic carbocycles. The summed E-state index contributed by atoms with van der Waals surface area (Å²) >= 11 is 1.73. The van der Waals surface area contributed by atoms with E-state index in [9.17, 15) is 4.79 Å². The quantitative estimate of drug-likeness (QED) is 0.807. The monoisotopic (exact) mass is 238 g/mol. The zero-order valence-electron chi connectivity index (χ0n) is 10.1. The third-order valence-electron chi connectivity index (χ3n) is 3.06. The molecule has 88 valence electrons. The molecular formula is C12H18N2OS. The van der Waals surface area contributed by atoms with Gasteiger partial charge in [-0.15, -0.1) is 11.3 Å². The summed E-state index contributed by atoms with van der Waals surface area (Å²) in [5.41, 5.74) is 1.05. The van der Waals surface area contributed by atoms with Crippen molar-refractivity contribution >= 4 is 17.1 Å². The van der Waals surface area contributed by atoms with Gasteiger partial charge in [-0.25, -0.2) is 4.98 Å². The van der Waals surface area contributed by atoms with Crippen molar-refractivity contribution in [2.45, 2.75) is 32.6 Å². The van der Waals surface area contributed by atoms with Gasteiger partial charge in [0, 0.05) is 23.8 Å². The lowest BCUT2D eigenvalue weighted by Gasteiger charge is -2.06. The number of nitrogens with zero attached hydrogens (tertiary/aromatic N) is 2. The SMILES string of the molecule is CC(=O)Cc1sc(C2CCN(C)C2)nc1C. The molecule has 2 heterocycles.